The van der Waals surface area contributed by atoms with E-state index in [1.807, 2.05) is 48.5 Å². The topological polar surface area (TPSA) is 50.7 Å². The van der Waals surface area contributed by atoms with Crippen molar-refractivity contribution in [2.45, 2.75) is 6.42 Å². The highest BCUT2D eigenvalue weighted by molar-refractivity contribution is 5.79. The van der Waals surface area contributed by atoms with Crippen LogP contribution in [-0.2, 0) is 6.42 Å². The van der Waals surface area contributed by atoms with Gasteiger partial charge in [-0.2, -0.15) is 0 Å². The predicted octanol–water partition coefficient (Wildman–Crippen LogP) is 5.11. The zero-order valence-corrected chi connectivity index (χ0v) is 15.3. The summed E-state index contributed by atoms with van der Waals surface area (Å²) in [6.07, 6.45) is 0.850. The van der Waals surface area contributed by atoms with E-state index < -0.39 is 0 Å². The molecular weight excluding hydrogens is 338 g/mol. The molecule has 0 aliphatic heterocycles. The molecule has 3 aromatic carbocycles. The summed E-state index contributed by atoms with van der Waals surface area (Å²) in [5.41, 5.74) is 3.24. The molecule has 138 valence electrons. The summed E-state index contributed by atoms with van der Waals surface area (Å²) in [5, 5.41) is 13.5. The average Bonchev–Trinajstić information content (AvgIpc) is 2.69. The predicted molar refractivity (Wildman–Crippen MR) is 109 cm³/mol. The largest absolute Gasteiger partial charge is 0.504 e. The molecule has 0 spiro atoms. The Balaban J connectivity index is 1.63. The minimum absolute atomic E-state index is 0.0627. The highest BCUT2D eigenvalue weighted by Crippen LogP contribution is 2.34. The zero-order valence-electron chi connectivity index (χ0n) is 15.3. The molecule has 0 atom stereocenters. The molecule has 4 heteroatoms. The zero-order chi connectivity index (χ0) is 19.1. The van der Waals surface area contributed by atoms with Crippen molar-refractivity contribution in [1.82, 2.24) is 0 Å². The van der Waals surface area contributed by atoms with Crippen LogP contribution in [0.25, 0.3) is 5.70 Å². The standard InChI is InChI=1S/C23H23NO3/c1-17(21-12-7-13-22(26-2)23(21)25)24-19-10-6-11-20(16-19)27-15-14-18-8-4-3-5-9-18/h3-13,16,24-25H,1,14-15H2,2H3. The van der Waals surface area contributed by atoms with E-state index in [2.05, 4.69) is 24.0 Å². The highest BCUT2D eigenvalue weighted by Gasteiger charge is 2.10. The van der Waals surface area contributed by atoms with Gasteiger partial charge >= 0.3 is 0 Å². The Bertz CT molecular complexity index is 907. The molecule has 0 bridgehead atoms. The van der Waals surface area contributed by atoms with Crippen molar-refractivity contribution in [3.63, 3.8) is 0 Å². The van der Waals surface area contributed by atoms with Crippen molar-refractivity contribution >= 4 is 11.4 Å². The van der Waals surface area contributed by atoms with E-state index >= 15 is 0 Å². The number of methoxy groups -OCH3 is 1. The maximum absolute atomic E-state index is 10.3. The number of phenols is 1. The molecule has 27 heavy (non-hydrogen) atoms. The Hall–Kier alpha value is -3.40. The van der Waals surface area contributed by atoms with E-state index in [9.17, 15) is 5.11 Å². The quantitative estimate of drug-likeness (QED) is 0.586. The van der Waals surface area contributed by atoms with Crippen LogP contribution in [0.1, 0.15) is 11.1 Å². The fourth-order valence-electron chi connectivity index (χ4n) is 2.77. The number of ether oxygens (including phenoxy) is 2. The van der Waals surface area contributed by atoms with E-state index in [-0.39, 0.29) is 5.75 Å². The lowest BCUT2D eigenvalue weighted by molar-refractivity contribution is 0.322. The first-order valence-corrected chi connectivity index (χ1v) is 8.76. The van der Waals surface area contributed by atoms with Gasteiger partial charge in [0.05, 0.1) is 13.7 Å². The van der Waals surface area contributed by atoms with Crippen LogP contribution in [-0.4, -0.2) is 18.8 Å². The van der Waals surface area contributed by atoms with Crippen LogP contribution >= 0.6 is 0 Å². The maximum atomic E-state index is 10.3. The lowest BCUT2D eigenvalue weighted by Crippen LogP contribution is -2.02. The first kappa shape index (κ1) is 18.4. The van der Waals surface area contributed by atoms with Crippen LogP contribution in [0.2, 0.25) is 0 Å². The van der Waals surface area contributed by atoms with E-state index in [1.165, 1.54) is 12.7 Å². The molecule has 3 rings (SSSR count). The number of benzene rings is 3. The van der Waals surface area contributed by atoms with Gasteiger partial charge in [-0.3, -0.25) is 0 Å². The van der Waals surface area contributed by atoms with Crippen LogP contribution in [0.15, 0.2) is 79.4 Å². The average molecular weight is 361 g/mol. The van der Waals surface area contributed by atoms with E-state index in [4.69, 9.17) is 9.47 Å². The number of anilines is 1. The van der Waals surface area contributed by atoms with E-state index in [1.54, 1.807) is 12.1 Å². The number of para-hydroxylation sites is 1. The van der Waals surface area contributed by atoms with Gasteiger partial charge in [-0.1, -0.05) is 49.0 Å². The van der Waals surface area contributed by atoms with Gasteiger partial charge in [0, 0.05) is 29.4 Å². The van der Waals surface area contributed by atoms with Crippen molar-refractivity contribution in [3.8, 4) is 17.2 Å². The smallest absolute Gasteiger partial charge is 0.167 e. The summed E-state index contributed by atoms with van der Waals surface area (Å²) >= 11 is 0. The first-order chi connectivity index (χ1) is 13.2. The summed E-state index contributed by atoms with van der Waals surface area (Å²) in [4.78, 5) is 0. The second kappa shape index (κ2) is 8.81. The molecule has 0 heterocycles. The molecule has 4 nitrogen and oxygen atoms in total. The Morgan fingerprint density at radius 1 is 1.00 bits per heavy atom. The molecule has 0 amide bonds. The van der Waals surface area contributed by atoms with Crippen LogP contribution in [0.3, 0.4) is 0 Å². The maximum Gasteiger partial charge on any atom is 0.167 e. The van der Waals surface area contributed by atoms with Crippen molar-refractivity contribution in [1.29, 1.82) is 0 Å². The number of hydrogen-bond donors (Lipinski definition) is 2. The molecule has 0 fully saturated rings. The number of hydrogen-bond acceptors (Lipinski definition) is 4. The number of aromatic hydroxyl groups is 1. The third kappa shape index (κ3) is 4.82. The Morgan fingerprint density at radius 3 is 2.56 bits per heavy atom. The minimum atomic E-state index is 0.0627. The van der Waals surface area contributed by atoms with Gasteiger partial charge < -0.3 is 19.9 Å². The molecule has 0 unspecified atom stereocenters. The SMILES string of the molecule is C=C(Nc1cccc(OCCc2ccccc2)c1)c1cccc(OC)c1O. The van der Waals surface area contributed by atoms with Crippen molar-refractivity contribution in [2.75, 3.05) is 19.0 Å². The lowest BCUT2D eigenvalue weighted by Gasteiger charge is -2.14. The fourth-order valence-corrected chi connectivity index (χ4v) is 2.77. The van der Waals surface area contributed by atoms with Gasteiger partial charge in [0.15, 0.2) is 11.5 Å². The van der Waals surface area contributed by atoms with Crippen molar-refractivity contribution in [2.24, 2.45) is 0 Å². The molecule has 0 aromatic heterocycles. The summed E-state index contributed by atoms with van der Waals surface area (Å²) in [6, 6.07) is 23.2. The number of phenolic OH excluding ortho intramolecular Hbond substituents is 1. The molecule has 0 aliphatic rings. The first-order valence-electron chi connectivity index (χ1n) is 8.76. The molecule has 3 aromatic rings. The Kier molecular flexibility index (Phi) is 6.00. The second-order valence-electron chi connectivity index (χ2n) is 6.07. The summed E-state index contributed by atoms with van der Waals surface area (Å²) < 4.78 is 11.0. The molecule has 0 saturated heterocycles. The third-order valence-corrected chi connectivity index (χ3v) is 4.18. The lowest BCUT2D eigenvalue weighted by atomic mass is 10.1. The van der Waals surface area contributed by atoms with Gasteiger partial charge in [-0.25, -0.2) is 0 Å². The fraction of sp³-hybridized carbons (Fsp3) is 0.130. The highest BCUT2D eigenvalue weighted by atomic mass is 16.5. The normalized spacial score (nSPS) is 10.3. The third-order valence-electron chi connectivity index (χ3n) is 4.18. The van der Waals surface area contributed by atoms with Crippen LogP contribution < -0.4 is 14.8 Å². The summed E-state index contributed by atoms with van der Waals surface area (Å²) in [7, 11) is 1.52. The van der Waals surface area contributed by atoms with E-state index in [0.29, 0.717) is 23.6 Å². The van der Waals surface area contributed by atoms with E-state index in [0.717, 1.165) is 17.9 Å². The molecule has 2 N–H and O–H groups in total. The second-order valence-corrected chi connectivity index (χ2v) is 6.07. The van der Waals surface area contributed by atoms with Crippen molar-refractivity contribution < 1.29 is 14.6 Å². The monoisotopic (exact) mass is 361 g/mol. The van der Waals surface area contributed by atoms with Crippen LogP contribution in [0, 0.1) is 0 Å². The van der Waals surface area contributed by atoms with Gasteiger partial charge in [0.2, 0.25) is 0 Å². The molecular formula is C23H23NO3. The molecule has 0 aliphatic carbocycles. The Labute approximate surface area is 159 Å². The van der Waals surface area contributed by atoms with Crippen LogP contribution in [0.5, 0.6) is 17.2 Å². The Morgan fingerprint density at radius 2 is 1.78 bits per heavy atom. The van der Waals surface area contributed by atoms with Gasteiger partial charge in [0.25, 0.3) is 0 Å². The van der Waals surface area contributed by atoms with Gasteiger partial charge in [-0.05, 0) is 29.8 Å². The minimum Gasteiger partial charge on any atom is -0.504 e. The van der Waals surface area contributed by atoms with Gasteiger partial charge in [-0.15, -0.1) is 0 Å². The number of nitrogens with one attached hydrogen (secondary N) is 1. The summed E-state index contributed by atoms with van der Waals surface area (Å²) in [5.74, 6) is 1.25. The molecule has 0 radical (unpaired) electrons. The van der Waals surface area contributed by atoms with Gasteiger partial charge in [0.1, 0.15) is 5.75 Å². The molecule has 0 saturated carbocycles. The number of rotatable bonds is 8. The van der Waals surface area contributed by atoms with Crippen LogP contribution in [0.4, 0.5) is 5.69 Å². The summed E-state index contributed by atoms with van der Waals surface area (Å²) in [6.45, 7) is 4.62. The van der Waals surface area contributed by atoms with Crippen molar-refractivity contribution in [3.05, 3.63) is 90.5 Å².